The quantitative estimate of drug-likeness (QED) is 0.766. The van der Waals surface area contributed by atoms with Crippen molar-refractivity contribution in [2.75, 3.05) is 0 Å². The van der Waals surface area contributed by atoms with Crippen LogP contribution in [-0.4, -0.2) is 20.9 Å². The van der Waals surface area contributed by atoms with E-state index >= 15 is 0 Å². The second kappa shape index (κ2) is 7.11. The molecule has 0 saturated carbocycles. The lowest BCUT2D eigenvalue weighted by Gasteiger charge is -2.11. The number of amides is 1. The molecule has 1 amide bonds. The number of nitrogens with zero attached hydrogens (tertiary/aromatic N) is 3. The summed E-state index contributed by atoms with van der Waals surface area (Å²) >= 11 is 1.49. The standard InChI is InChI=1S/C19H18N4OS/c24-17(10-14-7-6-13-4-1-2-5-16(13)14)22-11-15-12-25-19(23-15)18-20-8-3-9-21-18/h1-5,8-9,12,14H,6-7,10-11H2,(H,22,24)/t14-/m1/s1. The average Bonchev–Trinajstić information content (AvgIpc) is 3.28. The van der Waals surface area contributed by atoms with Crippen molar-refractivity contribution < 1.29 is 4.79 Å². The van der Waals surface area contributed by atoms with Crippen molar-refractivity contribution in [1.29, 1.82) is 0 Å². The first-order valence-electron chi connectivity index (χ1n) is 8.36. The molecule has 1 aromatic carbocycles. The monoisotopic (exact) mass is 350 g/mol. The van der Waals surface area contributed by atoms with Crippen LogP contribution in [0.2, 0.25) is 0 Å². The Balaban J connectivity index is 1.33. The Morgan fingerprint density at radius 3 is 2.92 bits per heavy atom. The second-order valence-corrected chi connectivity index (χ2v) is 6.99. The maximum absolute atomic E-state index is 12.3. The van der Waals surface area contributed by atoms with E-state index in [0.29, 0.717) is 24.7 Å². The lowest BCUT2D eigenvalue weighted by molar-refractivity contribution is -0.121. The van der Waals surface area contributed by atoms with E-state index in [0.717, 1.165) is 23.5 Å². The third-order valence-corrected chi connectivity index (χ3v) is 5.35. The number of fused-ring (bicyclic) bond motifs is 1. The summed E-state index contributed by atoms with van der Waals surface area (Å²) in [7, 11) is 0. The van der Waals surface area contributed by atoms with Crippen LogP contribution in [-0.2, 0) is 17.8 Å². The number of benzene rings is 1. The molecule has 0 aliphatic heterocycles. The summed E-state index contributed by atoms with van der Waals surface area (Å²) < 4.78 is 0. The Kier molecular flexibility index (Phi) is 4.52. The zero-order chi connectivity index (χ0) is 17.1. The molecule has 0 saturated heterocycles. The molecule has 1 atom stereocenters. The minimum absolute atomic E-state index is 0.0761. The third-order valence-electron chi connectivity index (χ3n) is 4.46. The first-order chi connectivity index (χ1) is 12.3. The first-order valence-corrected chi connectivity index (χ1v) is 9.24. The van der Waals surface area contributed by atoms with Crippen LogP contribution >= 0.6 is 11.3 Å². The molecular formula is C19H18N4OS. The number of carbonyl (C=O) groups excluding carboxylic acids is 1. The van der Waals surface area contributed by atoms with E-state index in [1.54, 1.807) is 18.5 Å². The Morgan fingerprint density at radius 2 is 2.04 bits per heavy atom. The van der Waals surface area contributed by atoms with Gasteiger partial charge in [-0.25, -0.2) is 15.0 Å². The Bertz CT molecular complexity index is 878. The molecule has 0 fully saturated rings. The molecule has 126 valence electrons. The van der Waals surface area contributed by atoms with Crippen LogP contribution < -0.4 is 5.32 Å². The van der Waals surface area contributed by atoms with Crippen molar-refractivity contribution >= 4 is 17.2 Å². The summed E-state index contributed by atoms with van der Waals surface area (Å²) in [5.74, 6) is 1.03. The summed E-state index contributed by atoms with van der Waals surface area (Å²) in [6.07, 6.45) is 6.06. The van der Waals surface area contributed by atoms with Crippen molar-refractivity contribution in [2.24, 2.45) is 0 Å². The van der Waals surface area contributed by atoms with Crippen molar-refractivity contribution in [3.63, 3.8) is 0 Å². The van der Waals surface area contributed by atoms with Gasteiger partial charge in [-0.15, -0.1) is 11.3 Å². The molecule has 3 aromatic rings. The van der Waals surface area contributed by atoms with Crippen LogP contribution in [0.15, 0.2) is 48.1 Å². The molecule has 0 spiro atoms. The van der Waals surface area contributed by atoms with E-state index in [2.05, 4.69) is 44.5 Å². The van der Waals surface area contributed by atoms with Crippen LogP contribution in [0, 0.1) is 0 Å². The van der Waals surface area contributed by atoms with Crippen molar-refractivity contribution in [3.8, 4) is 10.8 Å². The largest absolute Gasteiger partial charge is 0.350 e. The fourth-order valence-corrected chi connectivity index (χ4v) is 4.01. The summed E-state index contributed by atoms with van der Waals surface area (Å²) in [5.41, 5.74) is 3.55. The van der Waals surface area contributed by atoms with E-state index in [4.69, 9.17) is 0 Å². The number of rotatable bonds is 5. The highest BCUT2D eigenvalue weighted by atomic mass is 32.1. The highest BCUT2D eigenvalue weighted by molar-refractivity contribution is 7.13. The van der Waals surface area contributed by atoms with Gasteiger partial charge in [-0.2, -0.15) is 0 Å². The van der Waals surface area contributed by atoms with E-state index in [1.165, 1.54) is 22.5 Å². The highest BCUT2D eigenvalue weighted by Crippen LogP contribution is 2.35. The third kappa shape index (κ3) is 3.58. The molecule has 6 heteroatoms. The zero-order valence-corrected chi connectivity index (χ0v) is 14.5. The zero-order valence-electron chi connectivity index (χ0n) is 13.7. The van der Waals surface area contributed by atoms with Gasteiger partial charge in [0, 0.05) is 24.2 Å². The second-order valence-electron chi connectivity index (χ2n) is 6.13. The molecule has 25 heavy (non-hydrogen) atoms. The maximum atomic E-state index is 12.3. The van der Waals surface area contributed by atoms with Crippen LogP contribution in [0.1, 0.15) is 35.6 Å². The summed E-state index contributed by atoms with van der Waals surface area (Å²) in [6, 6.07) is 10.2. The average molecular weight is 350 g/mol. The van der Waals surface area contributed by atoms with E-state index in [1.807, 2.05) is 5.38 Å². The van der Waals surface area contributed by atoms with Crippen molar-refractivity contribution in [3.05, 3.63) is 64.9 Å². The van der Waals surface area contributed by atoms with Crippen LogP contribution in [0.4, 0.5) is 0 Å². The Morgan fingerprint density at radius 1 is 1.20 bits per heavy atom. The molecule has 1 aliphatic rings. The first kappa shape index (κ1) is 15.9. The van der Waals surface area contributed by atoms with Gasteiger partial charge in [-0.1, -0.05) is 24.3 Å². The molecule has 2 heterocycles. The predicted molar refractivity (Wildman–Crippen MR) is 97.1 cm³/mol. The predicted octanol–water partition coefficient (Wildman–Crippen LogP) is 3.34. The van der Waals surface area contributed by atoms with Gasteiger partial charge in [-0.3, -0.25) is 4.79 Å². The summed E-state index contributed by atoms with van der Waals surface area (Å²) in [6.45, 7) is 0.441. The minimum atomic E-state index is 0.0761. The van der Waals surface area contributed by atoms with Gasteiger partial charge in [0.2, 0.25) is 5.91 Å². The van der Waals surface area contributed by atoms with E-state index in [9.17, 15) is 4.79 Å². The van der Waals surface area contributed by atoms with Crippen molar-refractivity contribution in [2.45, 2.75) is 31.7 Å². The summed E-state index contributed by atoms with van der Waals surface area (Å²) in [5, 5.41) is 5.70. The topological polar surface area (TPSA) is 67.8 Å². The number of nitrogens with one attached hydrogen (secondary N) is 1. The number of aromatic nitrogens is 3. The molecule has 0 bridgehead atoms. The normalized spacial score (nSPS) is 15.8. The number of carbonyl (C=O) groups is 1. The van der Waals surface area contributed by atoms with Gasteiger partial charge in [0.25, 0.3) is 0 Å². The molecule has 0 unspecified atom stereocenters. The fraction of sp³-hybridized carbons (Fsp3) is 0.263. The molecule has 4 rings (SSSR count). The molecule has 5 nitrogen and oxygen atoms in total. The molecule has 1 N–H and O–H groups in total. The molecular weight excluding hydrogens is 332 g/mol. The summed E-state index contributed by atoms with van der Waals surface area (Å²) in [4.78, 5) is 25.2. The van der Waals surface area contributed by atoms with Crippen LogP contribution in [0.3, 0.4) is 0 Å². The van der Waals surface area contributed by atoms with E-state index < -0.39 is 0 Å². The van der Waals surface area contributed by atoms with Gasteiger partial charge in [0.15, 0.2) is 10.8 Å². The van der Waals surface area contributed by atoms with Gasteiger partial charge in [0.05, 0.1) is 12.2 Å². The lowest BCUT2D eigenvalue weighted by atomic mass is 9.97. The fourth-order valence-electron chi connectivity index (χ4n) is 3.24. The number of hydrogen-bond donors (Lipinski definition) is 1. The molecule has 2 aromatic heterocycles. The maximum Gasteiger partial charge on any atom is 0.220 e. The molecule has 1 aliphatic carbocycles. The van der Waals surface area contributed by atoms with Gasteiger partial charge < -0.3 is 5.32 Å². The number of thiazole rings is 1. The highest BCUT2D eigenvalue weighted by Gasteiger charge is 2.24. The van der Waals surface area contributed by atoms with Crippen molar-refractivity contribution in [1.82, 2.24) is 20.3 Å². The number of hydrogen-bond acceptors (Lipinski definition) is 5. The van der Waals surface area contributed by atoms with Crippen LogP contribution in [0.5, 0.6) is 0 Å². The number of aryl methyl sites for hydroxylation is 1. The van der Waals surface area contributed by atoms with Gasteiger partial charge >= 0.3 is 0 Å². The SMILES string of the molecule is O=C(C[C@H]1CCc2ccccc21)NCc1csc(-c2ncccn2)n1. The van der Waals surface area contributed by atoms with Gasteiger partial charge in [-0.05, 0) is 36.0 Å². The smallest absolute Gasteiger partial charge is 0.220 e. The van der Waals surface area contributed by atoms with Gasteiger partial charge in [0.1, 0.15) is 0 Å². The Labute approximate surface area is 150 Å². The Hall–Kier alpha value is -2.60. The lowest BCUT2D eigenvalue weighted by Crippen LogP contribution is -2.24. The van der Waals surface area contributed by atoms with Crippen LogP contribution in [0.25, 0.3) is 10.8 Å². The minimum Gasteiger partial charge on any atom is -0.350 e. The van der Waals surface area contributed by atoms with E-state index in [-0.39, 0.29) is 5.91 Å². The molecule has 0 radical (unpaired) electrons.